The summed E-state index contributed by atoms with van der Waals surface area (Å²) in [5.41, 5.74) is -0.145. The fourth-order valence-corrected chi connectivity index (χ4v) is 1.98. The molecule has 0 saturated carbocycles. The van der Waals surface area contributed by atoms with E-state index < -0.39 is 5.72 Å². The molecule has 0 aliphatic carbocycles. The standard InChI is InChI=1S/C13H16BrNO3/c1-13(2)15-12(16)10-8-9(17-7-3-6-14)4-5-11(10)18-13/h4-5,8H,3,6-7H2,1-2H3,(H,15,16). The Morgan fingerprint density at radius 2 is 2.22 bits per heavy atom. The normalized spacial score (nSPS) is 16.5. The minimum atomic E-state index is -0.664. The molecule has 98 valence electrons. The van der Waals surface area contributed by atoms with E-state index in [9.17, 15) is 4.79 Å². The van der Waals surface area contributed by atoms with Gasteiger partial charge in [-0.2, -0.15) is 0 Å². The summed E-state index contributed by atoms with van der Waals surface area (Å²) in [7, 11) is 0. The second-order valence-corrected chi connectivity index (χ2v) is 5.41. The predicted molar refractivity (Wildman–Crippen MR) is 72.5 cm³/mol. The number of carbonyl (C=O) groups is 1. The van der Waals surface area contributed by atoms with Crippen LogP contribution in [0.1, 0.15) is 30.6 Å². The molecule has 1 N–H and O–H groups in total. The van der Waals surface area contributed by atoms with Crippen molar-refractivity contribution in [2.45, 2.75) is 26.0 Å². The molecule has 1 amide bonds. The molecule has 0 radical (unpaired) electrons. The highest BCUT2D eigenvalue weighted by Gasteiger charge is 2.31. The van der Waals surface area contributed by atoms with Gasteiger partial charge in [-0.25, -0.2) is 0 Å². The Kier molecular flexibility index (Phi) is 3.80. The zero-order chi connectivity index (χ0) is 13.2. The van der Waals surface area contributed by atoms with Crippen molar-refractivity contribution in [3.05, 3.63) is 23.8 Å². The van der Waals surface area contributed by atoms with Crippen LogP contribution in [0.2, 0.25) is 0 Å². The fourth-order valence-electron chi connectivity index (χ4n) is 1.75. The lowest BCUT2D eigenvalue weighted by atomic mass is 10.1. The van der Waals surface area contributed by atoms with Gasteiger partial charge in [0.25, 0.3) is 5.91 Å². The Morgan fingerprint density at radius 3 is 2.94 bits per heavy atom. The van der Waals surface area contributed by atoms with Gasteiger partial charge in [0.15, 0.2) is 5.72 Å². The molecule has 0 saturated heterocycles. The lowest BCUT2D eigenvalue weighted by Crippen LogP contribution is -2.51. The molecule has 1 aliphatic heterocycles. The van der Waals surface area contributed by atoms with E-state index in [-0.39, 0.29) is 5.91 Å². The zero-order valence-electron chi connectivity index (χ0n) is 10.5. The van der Waals surface area contributed by atoms with E-state index in [1.54, 1.807) is 12.1 Å². The number of halogens is 1. The van der Waals surface area contributed by atoms with Crippen LogP contribution in [-0.2, 0) is 0 Å². The van der Waals surface area contributed by atoms with Crippen LogP contribution in [0.25, 0.3) is 0 Å². The molecule has 4 nitrogen and oxygen atoms in total. The highest BCUT2D eigenvalue weighted by atomic mass is 79.9. The molecular formula is C13H16BrNO3. The molecule has 0 spiro atoms. The summed E-state index contributed by atoms with van der Waals surface area (Å²) < 4.78 is 11.2. The minimum absolute atomic E-state index is 0.132. The third-order valence-electron chi connectivity index (χ3n) is 2.52. The number of nitrogens with one attached hydrogen (secondary N) is 1. The van der Waals surface area contributed by atoms with E-state index in [2.05, 4.69) is 21.2 Å². The van der Waals surface area contributed by atoms with Gasteiger partial charge in [-0.1, -0.05) is 15.9 Å². The first kappa shape index (κ1) is 13.2. The lowest BCUT2D eigenvalue weighted by Gasteiger charge is -2.33. The molecule has 1 aromatic carbocycles. The molecule has 18 heavy (non-hydrogen) atoms. The monoisotopic (exact) mass is 313 g/mol. The topological polar surface area (TPSA) is 47.6 Å². The van der Waals surface area contributed by atoms with Gasteiger partial charge in [-0.3, -0.25) is 4.79 Å². The molecule has 0 atom stereocenters. The first-order valence-corrected chi connectivity index (χ1v) is 6.98. The summed E-state index contributed by atoms with van der Waals surface area (Å²) in [6.07, 6.45) is 0.923. The van der Waals surface area contributed by atoms with Crippen molar-refractivity contribution < 1.29 is 14.3 Å². The summed E-state index contributed by atoms with van der Waals surface area (Å²) in [5.74, 6) is 1.15. The lowest BCUT2D eigenvalue weighted by molar-refractivity contribution is 0.0431. The first-order chi connectivity index (χ1) is 8.52. The Balaban J connectivity index is 2.17. The molecule has 2 rings (SSSR count). The maximum atomic E-state index is 11.9. The minimum Gasteiger partial charge on any atom is -0.494 e. The SMILES string of the molecule is CC1(C)NC(=O)c2cc(OCCCBr)ccc2O1. The van der Waals surface area contributed by atoms with E-state index in [1.807, 2.05) is 19.9 Å². The van der Waals surface area contributed by atoms with Crippen molar-refractivity contribution in [2.75, 3.05) is 11.9 Å². The van der Waals surface area contributed by atoms with Crippen LogP contribution in [0.4, 0.5) is 0 Å². The van der Waals surface area contributed by atoms with E-state index in [4.69, 9.17) is 9.47 Å². The second-order valence-electron chi connectivity index (χ2n) is 4.62. The summed E-state index contributed by atoms with van der Waals surface area (Å²) in [6.45, 7) is 4.25. The largest absolute Gasteiger partial charge is 0.494 e. The molecular weight excluding hydrogens is 298 g/mol. The quantitative estimate of drug-likeness (QED) is 0.687. The second kappa shape index (κ2) is 5.18. The molecule has 1 heterocycles. The molecule has 0 bridgehead atoms. The number of alkyl halides is 1. The maximum absolute atomic E-state index is 11.9. The number of carbonyl (C=O) groups excluding carboxylic acids is 1. The van der Waals surface area contributed by atoms with Gasteiger partial charge >= 0.3 is 0 Å². The van der Waals surface area contributed by atoms with Crippen LogP contribution in [-0.4, -0.2) is 23.6 Å². The fraction of sp³-hybridized carbons (Fsp3) is 0.462. The summed E-state index contributed by atoms with van der Waals surface area (Å²) in [5, 5.41) is 3.68. The highest BCUT2D eigenvalue weighted by Crippen LogP contribution is 2.30. The van der Waals surface area contributed by atoms with Crippen LogP contribution < -0.4 is 14.8 Å². The maximum Gasteiger partial charge on any atom is 0.258 e. The number of benzene rings is 1. The van der Waals surface area contributed by atoms with Crippen molar-refractivity contribution in [1.29, 1.82) is 0 Å². The van der Waals surface area contributed by atoms with Gasteiger partial charge < -0.3 is 14.8 Å². The number of rotatable bonds is 4. The third-order valence-corrected chi connectivity index (χ3v) is 3.08. The van der Waals surface area contributed by atoms with E-state index in [0.29, 0.717) is 23.7 Å². The summed E-state index contributed by atoms with van der Waals surface area (Å²) in [6, 6.07) is 5.31. The van der Waals surface area contributed by atoms with Crippen LogP contribution in [0.15, 0.2) is 18.2 Å². The first-order valence-electron chi connectivity index (χ1n) is 5.86. The Labute approximate surface area is 115 Å². The predicted octanol–water partition coefficient (Wildman–Crippen LogP) is 2.71. The average molecular weight is 314 g/mol. The van der Waals surface area contributed by atoms with Gasteiger partial charge in [0.1, 0.15) is 11.5 Å². The molecule has 1 aliphatic rings. The number of ether oxygens (including phenoxy) is 2. The van der Waals surface area contributed by atoms with Crippen molar-refractivity contribution >= 4 is 21.8 Å². The van der Waals surface area contributed by atoms with Crippen LogP contribution in [0.5, 0.6) is 11.5 Å². The highest BCUT2D eigenvalue weighted by molar-refractivity contribution is 9.09. The van der Waals surface area contributed by atoms with Crippen LogP contribution in [0, 0.1) is 0 Å². The third kappa shape index (κ3) is 2.96. The van der Waals surface area contributed by atoms with Crippen molar-refractivity contribution in [2.24, 2.45) is 0 Å². The van der Waals surface area contributed by atoms with Gasteiger partial charge in [0.2, 0.25) is 0 Å². The van der Waals surface area contributed by atoms with Gasteiger partial charge in [0.05, 0.1) is 12.2 Å². The molecule has 5 heteroatoms. The summed E-state index contributed by atoms with van der Waals surface area (Å²) in [4.78, 5) is 11.9. The van der Waals surface area contributed by atoms with Crippen molar-refractivity contribution in [3.63, 3.8) is 0 Å². The Bertz CT molecular complexity index is 460. The molecule has 0 fully saturated rings. The van der Waals surface area contributed by atoms with Gasteiger partial charge in [0, 0.05) is 5.33 Å². The Morgan fingerprint density at radius 1 is 1.44 bits per heavy atom. The Hall–Kier alpha value is -1.23. The summed E-state index contributed by atoms with van der Waals surface area (Å²) >= 11 is 3.34. The van der Waals surface area contributed by atoms with Crippen molar-refractivity contribution in [3.8, 4) is 11.5 Å². The van der Waals surface area contributed by atoms with Gasteiger partial charge in [-0.05, 0) is 38.5 Å². The molecule has 0 aromatic heterocycles. The van der Waals surface area contributed by atoms with E-state index >= 15 is 0 Å². The zero-order valence-corrected chi connectivity index (χ0v) is 12.0. The van der Waals surface area contributed by atoms with E-state index in [1.165, 1.54) is 0 Å². The number of fused-ring (bicyclic) bond motifs is 1. The van der Waals surface area contributed by atoms with Crippen molar-refractivity contribution in [1.82, 2.24) is 5.32 Å². The van der Waals surface area contributed by atoms with E-state index in [0.717, 1.165) is 11.8 Å². The molecule has 1 aromatic rings. The van der Waals surface area contributed by atoms with Crippen LogP contribution in [0.3, 0.4) is 0 Å². The number of hydrogen-bond acceptors (Lipinski definition) is 3. The number of hydrogen-bond donors (Lipinski definition) is 1. The average Bonchev–Trinajstić information content (AvgIpc) is 2.29. The number of amides is 1. The smallest absolute Gasteiger partial charge is 0.258 e. The van der Waals surface area contributed by atoms with Crippen LogP contribution >= 0.6 is 15.9 Å². The molecule has 0 unspecified atom stereocenters. The van der Waals surface area contributed by atoms with Gasteiger partial charge in [-0.15, -0.1) is 0 Å².